The molecule has 0 bridgehead atoms. The summed E-state index contributed by atoms with van der Waals surface area (Å²) in [6.45, 7) is 0. The Morgan fingerprint density at radius 1 is 1.42 bits per heavy atom. The van der Waals surface area contributed by atoms with Gasteiger partial charge in [0.25, 0.3) is 0 Å². The fourth-order valence-electron chi connectivity index (χ4n) is 0. The first-order chi connectivity index (χ1) is 4.68. The number of hydrogen-bond acceptors (Lipinski definition) is 5. The average molecular weight is 180 g/mol. The Morgan fingerprint density at radius 3 is 1.50 bits per heavy atom. The second kappa shape index (κ2) is 7.48. The molecule has 0 heterocycles. The second-order valence-electron chi connectivity index (χ2n) is 1.17. The topological polar surface area (TPSA) is 121 Å². The van der Waals surface area contributed by atoms with E-state index in [-0.39, 0.29) is 18.9 Å². The van der Waals surface area contributed by atoms with Gasteiger partial charge in [0.1, 0.15) is 0 Å². The molecule has 12 heavy (non-hydrogen) atoms. The summed E-state index contributed by atoms with van der Waals surface area (Å²) in [5.74, 6) is -2.53. The van der Waals surface area contributed by atoms with Gasteiger partial charge in [-0.05, 0) is 0 Å². The first-order valence-corrected chi connectivity index (χ1v) is 2.03. The Hall–Kier alpha value is -0.168. The van der Waals surface area contributed by atoms with Gasteiger partial charge in [-0.15, -0.1) is 0 Å². The molecule has 0 aliphatic heterocycles. The Morgan fingerprint density at radius 2 is 1.50 bits per heavy atom. The van der Waals surface area contributed by atoms with Crippen LogP contribution >= 0.6 is 0 Å². The number of hydrogen-bond donors (Lipinski definition) is 4. The van der Waals surface area contributed by atoms with Crippen LogP contribution in [0.1, 0.15) is 0 Å². The van der Waals surface area contributed by atoms with Crippen molar-refractivity contribution in [3.05, 3.63) is 0 Å². The van der Waals surface area contributed by atoms with Gasteiger partial charge in [0.15, 0.2) is 0 Å². The molecule has 6 nitrogen and oxygen atoms in total. The SMILES string of the molecule is O=C(O)C(O)(F)F.[Li+].[O-]B(O)O. The van der Waals surface area contributed by atoms with Crippen molar-refractivity contribution in [3.63, 3.8) is 0 Å². The summed E-state index contributed by atoms with van der Waals surface area (Å²) in [7, 11) is -2.42. The molecule has 10 heteroatoms. The van der Waals surface area contributed by atoms with E-state index < -0.39 is 19.4 Å². The monoisotopic (exact) mass is 180 g/mol. The predicted molar refractivity (Wildman–Crippen MR) is 25.0 cm³/mol. The molecule has 0 aromatic rings. The molecule has 0 aromatic heterocycles. The van der Waals surface area contributed by atoms with Crippen molar-refractivity contribution in [2.75, 3.05) is 0 Å². The van der Waals surface area contributed by atoms with Crippen LogP contribution in [0.2, 0.25) is 0 Å². The number of alkyl halides is 2. The predicted octanol–water partition coefficient (Wildman–Crippen LogP) is -6.02. The minimum absolute atomic E-state index is 0. The van der Waals surface area contributed by atoms with E-state index in [0.29, 0.717) is 0 Å². The summed E-state index contributed by atoms with van der Waals surface area (Å²) in [5, 5.41) is 37.2. The zero-order valence-electron chi connectivity index (χ0n) is 5.94. The van der Waals surface area contributed by atoms with Crippen LogP contribution in [-0.2, 0) is 4.79 Å². The van der Waals surface area contributed by atoms with Gasteiger partial charge in [-0.25, -0.2) is 4.79 Å². The van der Waals surface area contributed by atoms with Crippen LogP contribution in [0, 0.1) is 0 Å². The normalized spacial score (nSPS) is 8.83. The number of halogens is 2. The maximum Gasteiger partial charge on any atom is 1.00 e. The molecule has 0 rings (SSSR count). The van der Waals surface area contributed by atoms with E-state index in [1.54, 1.807) is 0 Å². The van der Waals surface area contributed by atoms with Gasteiger partial charge in [0.2, 0.25) is 0 Å². The molecule has 0 aliphatic carbocycles. The third-order valence-electron chi connectivity index (χ3n) is 0.257. The Balaban J connectivity index is -0.000000142. The molecule has 4 N–H and O–H groups in total. The van der Waals surface area contributed by atoms with Crippen molar-refractivity contribution in [2.24, 2.45) is 0 Å². The van der Waals surface area contributed by atoms with Crippen LogP contribution in [0.25, 0.3) is 0 Å². The molecule has 0 atom stereocenters. The van der Waals surface area contributed by atoms with Crippen molar-refractivity contribution in [1.29, 1.82) is 0 Å². The number of rotatable bonds is 1. The molecule has 0 amide bonds. The van der Waals surface area contributed by atoms with Gasteiger partial charge in [-0.2, -0.15) is 8.78 Å². The fraction of sp³-hybridized carbons (Fsp3) is 0.500. The molecule has 0 saturated carbocycles. The van der Waals surface area contributed by atoms with Crippen molar-refractivity contribution in [2.45, 2.75) is 6.11 Å². The van der Waals surface area contributed by atoms with E-state index in [1.807, 2.05) is 0 Å². The fourth-order valence-corrected chi connectivity index (χ4v) is 0. The van der Waals surface area contributed by atoms with Crippen molar-refractivity contribution < 1.29 is 57.7 Å². The molecule has 0 saturated heterocycles. The largest absolute Gasteiger partial charge is 1.00 e. The first kappa shape index (κ1) is 17.8. The molecular weight excluding hydrogens is 176 g/mol. The number of carboxylic acids is 1. The smallest absolute Gasteiger partial charge is 0.832 e. The van der Waals surface area contributed by atoms with E-state index in [9.17, 15) is 8.78 Å². The molecular formula is C2H4BF2LiO6. The van der Waals surface area contributed by atoms with E-state index in [2.05, 4.69) is 0 Å². The minimum Gasteiger partial charge on any atom is -0.832 e. The summed E-state index contributed by atoms with van der Waals surface area (Å²) >= 11 is 0. The van der Waals surface area contributed by atoms with Gasteiger partial charge in [0.05, 0.1) is 0 Å². The van der Waals surface area contributed by atoms with Crippen LogP contribution < -0.4 is 23.9 Å². The number of carbonyl (C=O) groups is 1. The Labute approximate surface area is 77.8 Å². The van der Waals surface area contributed by atoms with Crippen molar-refractivity contribution >= 4 is 13.3 Å². The van der Waals surface area contributed by atoms with Crippen LogP contribution in [0.5, 0.6) is 0 Å². The van der Waals surface area contributed by atoms with Gasteiger partial charge in [-0.1, -0.05) is 0 Å². The summed E-state index contributed by atoms with van der Waals surface area (Å²) in [5.41, 5.74) is 0. The van der Waals surface area contributed by atoms with Crippen LogP contribution in [0.3, 0.4) is 0 Å². The second-order valence-corrected chi connectivity index (χ2v) is 1.17. The molecule has 0 spiro atoms. The van der Waals surface area contributed by atoms with E-state index in [4.69, 9.17) is 30.1 Å². The summed E-state index contributed by atoms with van der Waals surface area (Å²) in [6, 6.07) is 0. The molecule has 66 valence electrons. The van der Waals surface area contributed by atoms with Crippen molar-refractivity contribution in [3.8, 4) is 0 Å². The van der Waals surface area contributed by atoms with Gasteiger partial charge >= 0.3 is 38.3 Å². The average Bonchev–Trinajstić information content (AvgIpc) is 1.59. The van der Waals surface area contributed by atoms with E-state index in [0.717, 1.165) is 0 Å². The minimum atomic E-state index is -4.58. The van der Waals surface area contributed by atoms with Crippen molar-refractivity contribution in [1.82, 2.24) is 0 Å². The van der Waals surface area contributed by atoms with E-state index in [1.165, 1.54) is 0 Å². The number of aliphatic carboxylic acids is 1. The maximum absolute atomic E-state index is 10.8. The Bertz CT molecular complexity index is 122. The first-order valence-electron chi connectivity index (χ1n) is 2.03. The van der Waals surface area contributed by atoms with Gasteiger partial charge in [-0.3, -0.25) is 0 Å². The third-order valence-corrected chi connectivity index (χ3v) is 0.257. The summed E-state index contributed by atoms with van der Waals surface area (Å²) in [6.07, 6.45) is -4.58. The van der Waals surface area contributed by atoms with Crippen LogP contribution in [-0.4, -0.2) is 39.7 Å². The Kier molecular flexibility index (Phi) is 11.1. The van der Waals surface area contributed by atoms with E-state index >= 15 is 0 Å². The van der Waals surface area contributed by atoms with Gasteiger partial charge < -0.3 is 25.3 Å². The molecule has 0 fully saturated rings. The zero-order valence-corrected chi connectivity index (χ0v) is 5.94. The number of carboxylic acid groups (broad SMARTS) is 1. The van der Waals surface area contributed by atoms with Gasteiger partial charge in [0, 0.05) is 0 Å². The summed E-state index contributed by atoms with van der Waals surface area (Å²) in [4.78, 5) is 9.02. The molecule has 0 aromatic carbocycles. The zero-order chi connectivity index (χ0) is 9.65. The quantitative estimate of drug-likeness (QED) is 0.298. The number of aliphatic hydroxyl groups is 1. The molecule has 0 radical (unpaired) electrons. The molecule has 0 unspecified atom stereocenters. The summed E-state index contributed by atoms with van der Waals surface area (Å²) < 4.78 is 21.6. The molecule has 0 aliphatic rings. The van der Waals surface area contributed by atoms with Crippen LogP contribution in [0.4, 0.5) is 8.78 Å². The maximum atomic E-state index is 10.8. The standard InChI is InChI=1S/C2H2F2O3.BH2O3.Li/c3-2(4,7)1(5)6;2-1(3)4;/h7H,(H,5,6);2-3H;/q;-1;+1. The van der Waals surface area contributed by atoms with Crippen LogP contribution in [0.15, 0.2) is 0 Å². The third kappa shape index (κ3) is 22.5.